The highest BCUT2D eigenvalue weighted by atomic mass is 16.5. The molecule has 0 aliphatic carbocycles. The molecule has 0 aliphatic rings. The maximum absolute atomic E-state index is 11.5. The number of amides is 1. The van der Waals surface area contributed by atoms with Gasteiger partial charge in [0.1, 0.15) is 6.04 Å². The molecule has 1 unspecified atom stereocenters. The van der Waals surface area contributed by atoms with E-state index in [1.807, 2.05) is 13.8 Å². The molecule has 1 amide bonds. The van der Waals surface area contributed by atoms with Crippen LogP contribution < -0.4 is 10.6 Å². The number of carbonyl (C=O) groups excluding carboxylic acids is 2. The Balaban J connectivity index is 4.62. The lowest BCUT2D eigenvalue weighted by Crippen LogP contribution is -2.60. The van der Waals surface area contributed by atoms with E-state index in [4.69, 9.17) is 0 Å². The second kappa shape index (κ2) is 6.15. The summed E-state index contributed by atoms with van der Waals surface area (Å²) in [6.07, 6.45) is 0. The van der Waals surface area contributed by atoms with E-state index in [0.29, 0.717) is 0 Å². The van der Waals surface area contributed by atoms with E-state index in [1.54, 1.807) is 13.8 Å². The average Bonchev–Trinajstić information content (AvgIpc) is 2.21. The molecular formula is C12H24N2O4. The van der Waals surface area contributed by atoms with Crippen molar-refractivity contribution in [3.05, 3.63) is 0 Å². The zero-order chi connectivity index (χ0) is 14.6. The first kappa shape index (κ1) is 16.9. The molecule has 0 heterocycles. The topological polar surface area (TPSA) is 87.7 Å². The number of hydrogen-bond acceptors (Lipinski definition) is 5. The van der Waals surface area contributed by atoms with Crippen LogP contribution >= 0.6 is 0 Å². The van der Waals surface area contributed by atoms with Gasteiger partial charge in [0.2, 0.25) is 5.91 Å². The monoisotopic (exact) mass is 260 g/mol. The number of esters is 1. The van der Waals surface area contributed by atoms with E-state index in [-0.39, 0.29) is 12.5 Å². The van der Waals surface area contributed by atoms with Crippen LogP contribution in [0.15, 0.2) is 0 Å². The van der Waals surface area contributed by atoms with E-state index < -0.39 is 23.2 Å². The standard InChI is InChI=1S/C12H24N2O4/c1-8(15)14-9(10(16)18-6)7-13-11(2,3)12(4,5)17/h9,13,17H,7H2,1-6H3,(H,14,15). The Morgan fingerprint density at radius 1 is 1.28 bits per heavy atom. The van der Waals surface area contributed by atoms with Gasteiger partial charge < -0.3 is 20.5 Å². The zero-order valence-corrected chi connectivity index (χ0v) is 12.0. The molecule has 0 aromatic carbocycles. The van der Waals surface area contributed by atoms with Crippen LogP contribution in [0, 0.1) is 0 Å². The Morgan fingerprint density at radius 3 is 2.11 bits per heavy atom. The van der Waals surface area contributed by atoms with Crippen molar-refractivity contribution in [2.75, 3.05) is 13.7 Å². The number of ether oxygens (including phenoxy) is 1. The molecule has 6 nitrogen and oxygen atoms in total. The van der Waals surface area contributed by atoms with Gasteiger partial charge in [0, 0.05) is 19.0 Å². The Morgan fingerprint density at radius 2 is 1.78 bits per heavy atom. The summed E-state index contributed by atoms with van der Waals surface area (Å²) in [4.78, 5) is 22.5. The summed E-state index contributed by atoms with van der Waals surface area (Å²) >= 11 is 0. The largest absolute Gasteiger partial charge is 0.467 e. The van der Waals surface area contributed by atoms with Crippen molar-refractivity contribution in [3.8, 4) is 0 Å². The summed E-state index contributed by atoms with van der Waals surface area (Å²) in [6.45, 7) is 8.49. The van der Waals surface area contributed by atoms with E-state index in [0.717, 1.165) is 0 Å². The van der Waals surface area contributed by atoms with E-state index in [2.05, 4.69) is 15.4 Å². The molecule has 0 rings (SSSR count). The number of carbonyl (C=O) groups is 2. The summed E-state index contributed by atoms with van der Waals surface area (Å²) in [5, 5.41) is 15.5. The van der Waals surface area contributed by atoms with E-state index >= 15 is 0 Å². The second-order valence-electron chi connectivity index (χ2n) is 5.34. The molecule has 18 heavy (non-hydrogen) atoms. The van der Waals surface area contributed by atoms with Crippen LogP contribution in [0.4, 0.5) is 0 Å². The number of nitrogens with one attached hydrogen (secondary N) is 2. The highest BCUT2D eigenvalue weighted by Crippen LogP contribution is 2.20. The first-order chi connectivity index (χ1) is 8.01. The molecule has 0 saturated carbocycles. The highest BCUT2D eigenvalue weighted by Gasteiger charge is 2.35. The summed E-state index contributed by atoms with van der Waals surface area (Å²) in [5.74, 6) is -0.836. The van der Waals surface area contributed by atoms with Gasteiger partial charge in [0.15, 0.2) is 0 Å². The molecule has 0 bridgehead atoms. The third kappa shape index (κ3) is 5.01. The van der Waals surface area contributed by atoms with Crippen LogP contribution in [0.1, 0.15) is 34.6 Å². The van der Waals surface area contributed by atoms with Crippen molar-refractivity contribution >= 4 is 11.9 Å². The SMILES string of the molecule is COC(=O)C(CNC(C)(C)C(C)(C)O)NC(C)=O. The highest BCUT2D eigenvalue weighted by molar-refractivity contribution is 5.83. The fraction of sp³-hybridized carbons (Fsp3) is 0.833. The zero-order valence-electron chi connectivity index (χ0n) is 12.0. The first-order valence-corrected chi connectivity index (χ1v) is 5.83. The smallest absolute Gasteiger partial charge is 0.329 e. The molecule has 106 valence electrons. The van der Waals surface area contributed by atoms with Crippen LogP contribution in [-0.2, 0) is 14.3 Å². The Labute approximate surface area is 108 Å². The lowest BCUT2D eigenvalue weighted by Gasteiger charge is -2.39. The van der Waals surface area contributed by atoms with Gasteiger partial charge in [0.05, 0.1) is 12.7 Å². The lowest BCUT2D eigenvalue weighted by molar-refractivity contribution is -0.145. The summed E-state index contributed by atoms with van der Waals surface area (Å²) in [7, 11) is 1.26. The number of methoxy groups -OCH3 is 1. The van der Waals surface area contributed by atoms with Gasteiger partial charge >= 0.3 is 5.97 Å². The first-order valence-electron chi connectivity index (χ1n) is 5.83. The van der Waals surface area contributed by atoms with Crippen LogP contribution in [0.2, 0.25) is 0 Å². The van der Waals surface area contributed by atoms with E-state index in [1.165, 1.54) is 14.0 Å². The molecule has 0 spiro atoms. The predicted molar refractivity (Wildman–Crippen MR) is 68.0 cm³/mol. The second-order valence-corrected chi connectivity index (χ2v) is 5.34. The van der Waals surface area contributed by atoms with Gasteiger partial charge in [0.25, 0.3) is 0 Å². The Kier molecular flexibility index (Phi) is 5.76. The molecule has 3 N–H and O–H groups in total. The number of rotatable bonds is 6. The predicted octanol–water partition coefficient (Wildman–Crippen LogP) is -0.197. The van der Waals surface area contributed by atoms with Gasteiger partial charge in [-0.3, -0.25) is 4.79 Å². The van der Waals surface area contributed by atoms with Gasteiger partial charge in [-0.1, -0.05) is 0 Å². The van der Waals surface area contributed by atoms with Crippen molar-refractivity contribution in [2.45, 2.75) is 51.8 Å². The molecule has 1 atom stereocenters. The Bertz CT molecular complexity index is 308. The van der Waals surface area contributed by atoms with Crippen molar-refractivity contribution in [1.82, 2.24) is 10.6 Å². The van der Waals surface area contributed by atoms with Crippen LogP contribution in [-0.4, -0.2) is 47.8 Å². The minimum Gasteiger partial charge on any atom is -0.467 e. The van der Waals surface area contributed by atoms with Gasteiger partial charge in [-0.15, -0.1) is 0 Å². The average molecular weight is 260 g/mol. The third-order valence-corrected chi connectivity index (χ3v) is 3.14. The third-order valence-electron chi connectivity index (χ3n) is 3.14. The molecule has 0 saturated heterocycles. The minimum atomic E-state index is -0.968. The summed E-state index contributed by atoms with van der Waals surface area (Å²) in [6, 6.07) is -0.769. The molecule has 0 aliphatic heterocycles. The van der Waals surface area contributed by atoms with Gasteiger partial charge in [-0.25, -0.2) is 4.79 Å². The molecule has 0 radical (unpaired) electrons. The molecular weight excluding hydrogens is 236 g/mol. The molecule has 6 heteroatoms. The minimum absolute atomic E-state index is 0.184. The van der Waals surface area contributed by atoms with Crippen molar-refractivity contribution in [3.63, 3.8) is 0 Å². The lowest BCUT2D eigenvalue weighted by atomic mass is 9.86. The maximum atomic E-state index is 11.5. The van der Waals surface area contributed by atoms with Crippen LogP contribution in [0.5, 0.6) is 0 Å². The fourth-order valence-electron chi connectivity index (χ4n) is 1.15. The maximum Gasteiger partial charge on any atom is 0.329 e. The van der Waals surface area contributed by atoms with Crippen molar-refractivity contribution in [1.29, 1.82) is 0 Å². The fourth-order valence-corrected chi connectivity index (χ4v) is 1.15. The van der Waals surface area contributed by atoms with Gasteiger partial charge in [-0.05, 0) is 27.7 Å². The molecule has 0 fully saturated rings. The molecule has 0 aromatic rings. The molecule has 0 aromatic heterocycles. The van der Waals surface area contributed by atoms with Gasteiger partial charge in [-0.2, -0.15) is 0 Å². The quantitative estimate of drug-likeness (QED) is 0.576. The van der Waals surface area contributed by atoms with Crippen LogP contribution in [0.3, 0.4) is 0 Å². The number of hydrogen-bond donors (Lipinski definition) is 3. The summed E-state index contributed by atoms with van der Waals surface area (Å²) in [5.41, 5.74) is -1.58. The normalized spacial score (nSPS) is 13.9. The van der Waals surface area contributed by atoms with Crippen molar-refractivity contribution in [2.24, 2.45) is 0 Å². The van der Waals surface area contributed by atoms with Crippen LogP contribution in [0.25, 0.3) is 0 Å². The summed E-state index contributed by atoms with van der Waals surface area (Å²) < 4.78 is 4.61. The van der Waals surface area contributed by atoms with E-state index in [9.17, 15) is 14.7 Å². The Hall–Kier alpha value is -1.14. The van der Waals surface area contributed by atoms with Crippen molar-refractivity contribution < 1.29 is 19.4 Å². The number of aliphatic hydroxyl groups is 1.